The molecule has 0 aliphatic carbocycles. The van der Waals surface area contributed by atoms with Crippen LogP contribution in [0.5, 0.6) is 0 Å². The average molecular weight is 778 g/mol. The van der Waals surface area contributed by atoms with E-state index >= 15 is 0 Å². The monoisotopic (exact) mass is 777 g/mol. The van der Waals surface area contributed by atoms with Crippen molar-refractivity contribution in [3.8, 4) is 0 Å². The van der Waals surface area contributed by atoms with E-state index in [1.165, 1.54) is 0 Å². The third kappa shape index (κ3) is 14.5. The van der Waals surface area contributed by atoms with Crippen molar-refractivity contribution in [1.82, 2.24) is 16.0 Å². The van der Waals surface area contributed by atoms with Gasteiger partial charge in [-0.2, -0.15) is 13.2 Å². The molecular formula is C36H48F5N3O8S. The van der Waals surface area contributed by atoms with Gasteiger partial charge < -0.3 is 30.2 Å². The molecule has 17 heteroatoms. The Morgan fingerprint density at radius 3 is 2.19 bits per heavy atom. The van der Waals surface area contributed by atoms with Crippen LogP contribution in [-0.4, -0.2) is 87.6 Å². The maximum atomic E-state index is 14.3. The number of rotatable bonds is 20. The first kappa shape index (κ1) is 43.6. The Kier molecular flexibility index (Phi) is 16.9. The van der Waals surface area contributed by atoms with Gasteiger partial charge in [-0.25, -0.2) is 26.8 Å². The molecule has 1 unspecified atom stereocenters. The number of hydrogen-bond acceptors (Lipinski definition) is 9. The number of nitrogens with one attached hydrogen (secondary N) is 3. The van der Waals surface area contributed by atoms with Crippen LogP contribution in [0.3, 0.4) is 0 Å². The number of aryl methyl sites for hydroxylation is 1. The molecule has 2 aromatic rings. The Hall–Kier alpha value is -3.83. The molecule has 0 spiro atoms. The lowest BCUT2D eigenvalue weighted by Gasteiger charge is -2.31. The standard InChI is InChI=1S/C36H48F5N3O8S/c1-4-8-29(9-5-2)53(48,49)22-31(44-35(47)51-28-12-13-50-21-28)33(45)43-30(17-25-15-26(37)18-27(38)16-25)32(52-34(46)36(39,40)41)20-42-19-24-11-7-10-23(6-3)14-24/h7,10-11,14-16,18,28-32,42H,4-6,8-9,12-13,17,19-22H2,1-3H3,(H,43,45)(H,44,47)/t28-,30-,31?,32+/m0/s1. The van der Waals surface area contributed by atoms with E-state index in [4.69, 9.17) is 14.2 Å². The summed E-state index contributed by atoms with van der Waals surface area (Å²) in [5.74, 6) is -6.72. The highest BCUT2D eigenvalue weighted by atomic mass is 32.2. The van der Waals surface area contributed by atoms with Gasteiger partial charge in [-0.1, -0.05) is 57.9 Å². The van der Waals surface area contributed by atoms with Crippen LogP contribution in [0.25, 0.3) is 0 Å². The van der Waals surface area contributed by atoms with Crippen molar-refractivity contribution in [3.63, 3.8) is 0 Å². The van der Waals surface area contributed by atoms with E-state index in [9.17, 15) is 44.8 Å². The zero-order valence-corrected chi connectivity index (χ0v) is 30.8. The van der Waals surface area contributed by atoms with Crippen LogP contribution in [0.1, 0.15) is 69.6 Å². The minimum Gasteiger partial charge on any atom is -0.452 e. The Labute approximate surface area is 306 Å². The van der Waals surface area contributed by atoms with E-state index in [0.29, 0.717) is 38.4 Å². The fourth-order valence-corrected chi connectivity index (χ4v) is 8.12. The lowest BCUT2D eigenvalue weighted by molar-refractivity contribution is -0.206. The molecule has 0 aromatic heterocycles. The minimum absolute atomic E-state index is 0.0753. The van der Waals surface area contributed by atoms with Crippen molar-refractivity contribution in [2.24, 2.45) is 0 Å². The maximum Gasteiger partial charge on any atom is 0.490 e. The maximum absolute atomic E-state index is 14.3. The summed E-state index contributed by atoms with van der Waals surface area (Å²) in [6, 6.07) is 6.17. The van der Waals surface area contributed by atoms with Crippen molar-refractivity contribution in [1.29, 1.82) is 0 Å². The Bertz CT molecular complexity index is 1600. The Morgan fingerprint density at radius 2 is 1.60 bits per heavy atom. The third-order valence-electron chi connectivity index (χ3n) is 8.62. The molecule has 1 heterocycles. The van der Waals surface area contributed by atoms with E-state index in [2.05, 4.69) is 16.0 Å². The highest BCUT2D eigenvalue weighted by molar-refractivity contribution is 7.92. The first-order valence-electron chi connectivity index (χ1n) is 17.6. The van der Waals surface area contributed by atoms with Gasteiger partial charge in [0.15, 0.2) is 9.84 Å². The van der Waals surface area contributed by atoms with E-state index in [1.54, 1.807) is 26.0 Å². The van der Waals surface area contributed by atoms with Gasteiger partial charge in [-0.05, 0) is 54.5 Å². The van der Waals surface area contributed by atoms with Gasteiger partial charge in [-0.15, -0.1) is 0 Å². The smallest absolute Gasteiger partial charge is 0.452 e. The fraction of sp³-hybridized carbons (Fsp3) is 0.583. The first-order chi connectivity index (χ1) is 25.0. The number of amides is 2. The summed E-state index contributed by atoms with van der Waals surface area (Å²) in [7, 11) is -4.08. The molecule has 4 atom stereocenters. The van der Waals surface area contributed by atoms with Gasteiger partial charge in [-0.3, -0.25) is 4.79 Å². The second-order valence-electron chi connectivity index (χ2n) is 13.0. The number of alkyl halides is 3. The van der Waals surface area contributed by atoms with Crippen molar-refractivity contribution >= 4 is 27.8 Å². The molecule has 53 heavy (non-hydrogen) atoms. The summed E-state index contributed by atoms with van der Waals surface area (Å²) in [4.78, 5) is 39.2. The summed E-state index contributed by atoms with van der Waals surface area (Å²) in [5.41, 5.74) is 1.60. The quantitative estimate of drug-likeness (QED) is 0.124. The molecule has 3 rings (SSSR count). The minimum atomic E-state index is -5.45. The molecule has 296 valence electrons. The molecule has 1 aliphatic rings. The number of alkyl carbamates (subject to hydrolysis) is 1. The third-order valence-corrected chi connectivity index (χ3v) is 10.9. The van der Waals surface area contributed by atoms with E-state index in [0.717, 1.165) is 23.3 Å². The molecule has 2 aromatic carbocycles. The van der Waals surface area contributed by atoms with Crippen LogP contribution in [0, 0.1) is 11.6 Å². The van der Waals surface area contributed by atoms with Crippen molar-refractivity contribution in [3.05, 3.63) is 70.8 Å². The van der Waals surface area contributed by atoms with Crippen LogP contribution in [-0.2, 0) is 53.0 Å². The summed E-state index contributed by atoms with van der Waals surface area (Å²) >= 11 is 0. The van der Waals surface area contributed by atoms with Gasteiger partial charge in [0.05, 0.1) is 30.3 Å². The summed E-state index contributed by atoms with van der Waals surface area (Å²) in [6.07, 6.45) is -7.04. The number of esters is 1. The fourth-order valence-electron chi connectivity index (χ4n) is 5.96. The van der Waals surface area contributed by atoms with Gasteiger partial charge in [0, 0.05) is 25.6 Å². The Balaban J connectivity index is 2.00. The SMILES string of the molecule is CCCC(CCC)S(=O)(=O)CC(NC(=O)O[C@H]1CCOC1)C(=O)N[C@@H](Cc1cc(F)cc(F)c1)[C@@H](CNCc1cccc(CC)c1)OC(=O)C(F)(F)F. The normalized spacial score (nSPS) is 16.5. The number of hydrogen-bond donors (Lipinski definition) is 3. The summed E-state index contributed by atoms with van der Waals surface area (Å²) < 4.78 is 112. The van der Waals surface area contributed by atoms with Crippen LogP contribution in [0.15, 0.2) is 42.5 Å². The average Bonchev–Trinajstić information content (AvgIpc) is 3.59. The molecule has 0 saturated carbocycles. The molecule has 1 fully saturated rings. The molecule has 11 nitrogen and oxygen atoms in total. The number of carbonyl (C=O) groups excluding carboxylic acids is 3. The van der Waals surface area contributed by atoms with Crippen molar-refractivity contribution < 1.29 is 59.0 Å². The second-order valence-corrected chi connectivity index (χ2v) is 15.3. The molecule has 2 amide bonds. The van der Waals surface area contributed by atoms with E-state index in [1.807, 2.05) is 19.1 Å². The number of carbonyl (C=O) groups is 3. The molecule has 1 aliphatic heterocycles. The van der Waals surface area contributed by atoms with Crippen LogP contribution < -0.4 is 16.0 Å². The Morgan fingerprint density at radius 1 is 0.943 bits per heavy atom. The van der Waals surface area contributed by atoms with Gasteiger partial charge in [0.1, 0.15) is 29.9 Å². The van der Waals surface area contributed by atoms with Gasteiger partial charge in [0.2, 0.25) is 5.91 Å². The lowest BCUT2D eigenvalue weighted by atomic mass is 9.99. The molecule has 0 radical (unpaired) electrons. The predicted molar refractivity (Wildman–Crippen MR) is 185 cm³/mol. The van der Waals surface area contributed by atoms with Crippen molar-refractivity contribution in [2.45, 2.75) is 108 Å². The molecular weight excluding hydrogens is 729 g/mol. The summed E-state index contributed by atoms with van der Waals surface area (Å²) in [5, 5.41) is 6.75. The van der Waals surface area contributed by atoms with Crippen molar-refractivity contribution in [2.75, 3.05) is 25.5 Å². The number of halogens is 5. The zero-order chi connectivity index (χ0) is 39.2. The molecule has 3 N–H and O–H groups in total. The highest BCUT2D eigenvalue weighted by Crippen LogP contribution is 2.22. The van der Waals surface area contributed by atoms with Crippen LogP contribution in [0.2, 0.25) is 0 Å². The molecule has 0 bridgehead atoms. The van der Waals surface area contributed by atoms with Crippen LogP contribution in [0.4, 0.5) is 26.7 Å². The number of ether oxygens (including phenoxy) is 3. The van der Waals surface area contributed by atoms with Crippen LogP contribution >= 0.6 is 0 Å². The first-order valence-corrected chi connectivity index (χ1v) is 19.3. The number of benzene rings is 2. The topological polar surface area (TPSA) is 149 Å². The highest BCUT2D eigenvalue weighted by Gasteiger charge is 2.44. The zero-order valence-electron chi connectivity index (χ0n) is 30.0. The number of sulfone groups is 1. The largest absolute Gasteiger partial charge is 0.490 e. The predicted octanol–water partition coefficient (Wildman–Crippen LogP) is 5.09. The van der Waals surface area contributed by atoms with Gasteiger partial charge in [0.25, 0.3) is 0 Å². The lowest BCUT2D eigenvalue weighted by Crippen LogP contribution is -2.58. The second kappa shape index (κ2) is 20.6. The summed E-state index contributed by atoms with van der Waals surface area (Å²) in [6.45, 7) is 5.51. The van der Waals surface area contributed by atoms with E-state index in [-0.39, 0.29) is 31.6 Å². The van der Waals surface area contributed by atoms with Gasteiger partial charge >= 0.3 is 18.2 Å². The van der Waals surface area contributed by atoms with E-state index < -0.39 is 93.9 Å². The molecule has 1 saturated heterocycles.